The zero-order chi connectivity index (χ0) is 18.3. The van der Waals surface area contributed by atoms with E-state index in [-0.39, 0.29) is 11.9 Å². The standard InChI is InChI=1S/C20H19F3N2O/c21-15-3-1-2-4-18(15)24-7-9-25(10-8-24)19-6-5-13-11-16(22)17(23)12-14(13)20(19)26/h1-6,11-12,19-20,26H,7-10H2/t19-,20-/m1/s1. The quantitative estimate of drug-likeness (QED) is 0.890. The monoisotopic (exact) mass is 360 g/mol. The number of fused-ring (bicyclic) bond motifs is 1. The van der Waals surface area contributed by atoms with Crippen molar-refractivity contribution in [3.63, 3.8) is 0 Å². The molecule has 136 valence electrons. The maximum atomic E-state index is 14.0. The van der Waals surface area contributed by atoms with E-state index in [1.807, 2.05) is 17.0 Å². The Balaban J connectivity index is 1.49. The number of anilines is 1. The van der Waals surface area contributed by atoms with Crippen LogP contribution >= 0.6 is 0 Å². The zero-order valence-electron chi connectivity index (χ0n) is 14.1. The zero-order valence-corrected chi connectivity index (χ0v) is 14.1. The predicted molar refractivity (Wildman–Crippen MR) is 94.3 cm³/mol. The van der Waals surface area contributed by atoms with Crippen LogP contribution in [0, 0.1) is 17.5 Å². The van der Waals surface area contributed by atoms with Gasteiger partial charge in [0.05, 0.1) is 17.8 Å². The van der Waals surface area contributed by atoms with Gasteiger partial charge >= 0.3 is 0 Å². The second kappa shape index (κ2) is 6.78. The predicted octanol–water partition coefficient (Wildman–Crippen LogP) is 3.35. The summed E-state index contributed by atoms with van der Waals surface area (Å²) in [6.45, 7) is 2.53. The summed E-state index contributed by atoms with van der Waals surface area (Å²) in [6, 6.07) is 8.54. The highest BCUT2D eigenvalue weighted by molar-refractivity contribution is 5.59. The second-order valence-electron chi connectivity index (χ2n) is 6.66. The number of nitrogens with zero attached hydrogens (tertiary/aromatic N) is 2. The molecule has 1 heterocycles. The number of piperazine rings is 1. The van der Waals surface area contributed by atoms with Gasteiger partial charge in [-0.2, -0.15) is 0 Å². The Bertz CT molecular complexity index is 847. The molecule has 0 spiro atoms. The van der Waals surface area contributed by atoms with Gasteiger partial charge < -0.3 is 10.0 Å². The summed E-state index contributed by atoms with van der Waals surface area (Å²) in [7, 11) is 0. The van der Waals surface area contributed by atoms with Crippen LogP contribution in [-0.4, -0.2) is 42.2 Å². The third-order valence-electron chi connectivity index (χ3n) is 5.17. The lowest BCUT2D eigenvalue weighted by Crippen LogP contribution is -2.52. The maximum absolute atomic E-state index is 14.0. The van der Waals surface area contributed by atoms with Crippen molar-refractivity contribution in [1.82, 2.24) is 4.90 Å². The lowest BCUT2D eigenvalue weighted by atomic mass is 9.90. The van der Waals surface area contributed by atoms with Crippen LogP contribution in [0.3, 0.4) is 0 Å². The van der Waals surface area contributed by atoms with Crippen LogP contribution in [0.4, 0.5) is 18.9 Å². The van der Waals surface area contributed by atoms with Crippen LogP contribution in [0.5, 0.6) is 0 Å². The molecule has 2 aromatic carbocycles. The van der Waals surface area contributed by atoms with Crippen LogP contribution in [-0.2, 0) is 0 Å². The Morgan fingerprint density at radius 2 is 1.58 bits per heavy atom. The van der Waals surface area contributed by atoms with Gasteiger partial charge in [0.2, 0.25) is 0 Å². The Hall–Kier alpha value is -2.31. The molecule has 1 saturated heterocycles. The molecule has 3 nitrogen and oxygen atoms in total. The van der Waals surface area contributed by atoms with Crippen LogP contribution < -0.4 is 4.90 Å². The van der Waals surface area contributed by atoms with Gasteiger partial charge in [0, 0.05) is 26.2 Å². The van der Waals surface area contributed by atoms with Crippen LogP contribution in [0.15, 0.2) is 42.5 Å². The topological polar surface area (TPSA) is 26.7 Å². The number of para-hydroxylation sites is 1. The van der Waals surface area contributed by atoms with Crippen molar-refractivity contribution in [3.8, 4) is 0 Å². The van der Waals surface area contributed by atoms with Gasteiger partial charge in [-0.05, 0) is 35.4 Å². The van der Waals surface area contributed by atoms with Crippen molar-refractivity contribution in [2.24, 2.45) is 0 Å². The first-order chi connectivity index (χ1) is 12.5. The molecule has 26 heavy (non-hydrogen) atoms. The number of hydrogen-bond donors (Lipinski definition) is 1. The van der Waals surface area contributed by atoms with Crippen LogP contribution in [0.25, 0.3) is 6.08 Å². The van der Waals surface area contributed by atoms with Gasteiger partial charge in [0.1, 0.15) is 5.82 Å². The van der Waals surface area contributed by atoms with E-state index in [9.17, 15) is 18.3 Å². The third kappa shape index (κ3) is 2.99. The first kappa shape index (κ1) is 17.1. The average Bonchev–Trinajstić information content (AvgIpc) is 2.65. The molecule has 0 unspecified atom stereocenters. The van der Waals surface area contributed by atoms with Crippen LogP contribution in [0.2, 0.25) is 0 Å². The minimum atomic E-state index is -0.957. The summed E-state index contributed by atoms with van der Waals surface area (Å²) >= 11 is 0. The molecule has 1 aliphatic carbocycles. The molecular weight excluding hydrogens is 341 g/mol. The van der Waals surface area contributed by atoms with Crippen molar-refractivity contribution >= 4 is 11.8 Å². The minimum absolute atomic E-state index is 0.245. The molecule has 2 aliphatic rings. The summed E-state index contributed by atoms with van der Waals surface area (Å²) in [6.07, 6.45) is 2.62. The maximum Gasteiger partial charge on any atom is 0.159 e. The molecule has 1 aliphatic heterocycles. The Morgan fingerprint density at radius 3 is 2.31 bits per heavy atom. The van der Waals surface area contributed by atoms with Crippen LogP contribution in [0.1, 0.15) is 17.2 Å². The van der Waals surface area contributed by atoms with E-state index in [0.29, 0.717) is 43.0 Å². The third-order valence-corrected chi connectivity index (χ3v) is 5.17. The highest BCUT2D eigenvalue weighted by Crippen LogP contribution is 2.33. The summed E-state index contributed by atoms with van der Waals surface area (Å²) < 4.78 is 40.9. The van der Waals surface area contributed by atoms with E-state index in [2.05, 4.69) is 4.90 Å². The van der Waals surface area contributed by atoms with Gasteiger partial charge in [-0.15, -0.1) is 0 Å². The van der Waals surface area contributed by atoms with Crippen molar-refractivity contribution < 1.29 is 18.3 Å². The minimum Gasteiger partial charge on any atom is -0.386 e. The molecule has 0 amide bonds. The van der Waals surface area contributed by atoms with E-state index >= 15 is 0 Å². The van der Waals surface area contributed by atoms with Crippen molar-refractivity contribution in [1.29, 1.82) is 0 Å². The highest BCUT2D eigenvalue weighted by Gasteiger charge is 2.32. The fraction of sp³-hybridized carbons (Fsp3) is 0.300. The Morgan fingerprint density at radius 1 is 0.885 bits per heavy atom. The fourth-order valence-corrected chi connectivity index (χ4v) is 3.76. The van der Waals surface area contributed by atoms with Gasteiger partial charge in [-0.25, -0.2) is 13.2 Å². The molecule has 0 saturated carbocycles. The molecular formula is C20H19F3N2O. The smallest absolute Gasteiger partial charge is 0.159 e. The highest BCUT2D eigenvalue weighted by atomic mass is 19.2. The molecule has 1 N–H and O–H groups in total. The van der Waals surface area contributed by atoms with Gasteiger partial charge in [-0.1, -0.05) is 24.3 Å². The number of benzene rings is 2. The van der Waals surface area contributed by atoms with Gasteiger partial charge in [0.25, 0.3) is 0 Å². The first-order valence-corrected chi connectivity index (χ1v) is 8.63. The summed E-state index contributed by atoms with van der Waals surface area (Å²) in [4.78, 5) is 4.07. The summed E-state index contributed by atoms with van der Waals surface area (Å²) in [5.41, 5.74) is 1.47. The second-order valence-corrected chi connectivity index (χ2v) is 6.66. The lowest BCUT2D eigenvalue weighted by molar-refractivity contribution is 0.0680. The summed E-state index contributed by atoms with van der Waals surface area (Å²) in [5.74, 6) is -2.12. The molecule has 2 atom stereocenters. The number of rotatable bonds is 2. The Kier molecular flexibility index (Phi) is 4.46. The average molecular weight is 360 g/mol. The summed E-state index contributed by atoms with van der Waals surface area (Å²) in [5, 5.41) is 10.7. The molecule has 0 radical (unpaired) electrons. The number of aliphatic hydroxyl groups excluding tert-OH is 1. The van der Waals surface area contributed by atoms with E-state index < -0.39 is 17.7 Å². The molecule has 2 aromatic rings. The molecule has 0 bridgehead atoms. The van der Waals surface area contributed by atoms with E-state index in [1.54, 1.807) is 18.2 Å². The van der Waals surface area contributed by atoms with E-state index in [4.69, 9.17) is 0 Å². The fourth-order valence-electron chi connectivity index (χ4n) is 3.76. The van der Waals surface area contributed by atoms with Gasteiger partial charge in [-0.3, -0.25) is 4.90 Å². The van der Waals surface area contributed by atoms with E-state index in [1.165, 1.54) is 6.07 Å². The normalized spacial score (nSPS) is 23.2. The number of aliphatic hydroxyl groups is 1. The first-order valence-electron chi connectivity index (χ1n) is 8.63. The largest absolute Gasteiger partial charge is 0.386 e. The molecule has 1 fully saturated rings. The van der Waals surface area contributed by atoms with E-state index in [0.717, 1.165) is 12.1 Å². The van der Waals surface area contributed by atoms with Crippen molar-refractivity contribution in [2.75, 3.05) is 31.1 Å². The molecule has 6 heteroatoms. The van der Waals surface area contributed by atoms with Gasteiger partial charge in [0.15, 0.2) is 11.6 Å². The molecule has 4 rings (SSSR count). The Labute approximate surface area is 150 Å². The lowest BCUT2D eigenvalue weighted by Gasteiger charge is -2.42. The number of halogens is 3. The number of hydrogen-bond acceptors (Lipinski definition) is 3. The van der Waals surface area contributed by atoms with Crippen molar-refractivity contribution in [2.45, 2.75) is 12.1 Å². The SMILES string of the molecule is O[C@@H]1c2cc(F)c(F)cc2C=C[C@H]1N1CCN(c2ccccc2F)CC1. The molecule has 0 aromatic heterocycles. The van der Waals surface area contributed by atoms with Crippen molar-refractivity contribution in [3.05, 3.63) is 71.1 Å².